The van der Waals surface area contributed by atoms with Gasteiger partial charge in [0.25, 0.3) is 5.69 Å². The van der Waals surface area contributed by atoms with Gasteiger partial charge in [-0.25, -0.2) is 0 Å². The van der Waals surface area contributed by atoms with Crippen LogP contribution >= 0.6 is 0 Å². The average Bonchev–Trinajstić information content (AvgIpc) is 2.36. The van der Waals surface area contributed by atoms with E-state index in [9.17, 15) is 24.8 Å². The maximum atomic E-state index is 10.8. The van der Waals surface area contributed by atoms with Gasteiger partial charge >= 0.3 is 11.9 Å². The summed E-state index contributed by atoms with van der Waals surface area (Å²) in [6.45, 7) is 0. The minimum atomic E-state index is -1.83. The van der Waals surface area contributed by atoms with Crippen molar-refractivity contribution >= 4 is 17.6 Å². The lowest BCUT2D eigenvalue weighted by molar-refractivity contribution is -0.385. The van der Waals surface area contributed by atoms with Gasteiger partial charge in [-0.05, 0) is 0 Å². The molecule has 0 aliphatic rings. The maximum Gasteiger partial charge on any atom is 0.318 e. The van der Waals surface area contributed by atoms with Gasteiger partial charge in [-0.1, -0.05) is 0 Å². The summed E-state index contributed by atoms with van der Waals surface area (Å²) in [7, 11) is 1.16. The summed E-state index contributed by atoms with van der Waals surface area (Å²) in [5.41, 5.74) is -0.630. The van der Waals surface area contributed by atoms with E-state index >= 15 is 0 Å². The number of nitrogens with zero attached hydrogens (tertiary/aromatic N) is 1. The van der Waals surface area contributed by atoms with E-state index in [4.69, 9.17) is 14.9 Å². The molecule has 20 heavy (non-hydrogen) atoms. The summed E-state index contributed by atoms with van der Waals surface area (Å²) in [6, 6.07) is 1.87. The number of hydrogen-bond acceptors (Lipinski definition) is 6. The van der Waals surface area contributed by atoms with Crippen molar-refractivity contribution in [1.29, 1.82) is 0 Å². The van der Waals surface area contributed by atoms with Crippen LogP contribution in [0.2, 0.25) is 0 Å². The predicted octanol–water partition coefficient (Wildman–Crippen LogP) is 0.637. The third kappa shape index (κ3) is 3.13. The fourth-order valence-electron chi connectivity index (χ4n) is 1.57. The van der Waals surface area contributed by atoms with E-state index in [-0.39, 0.29) is 11.3 Å². The number of non-ortho nitro benzene ring substituents is 1. The largest absolute Gasteiger partial charge is 0.504 e. The van der Waals surface area contributed by atoms with Crippen LogP contribution in [0, 0.1) is 16.0 Å². The number of carboxylic acids is 2. The molecule has 9 nitrogen and oxygen atoms in total. The molecule has 0 saturated carbocycles. The van der Waals surface area contributed by atoms with Crippen molar-refractivity contribution in [3.63, 3.8) is 0 Å². The number of phenolic OH excluding ortho intramolecular Hbond substituents is 1. The van der Waals surface area contributed by atoms with Crippen molar-refractivity contribution in [2.75, 3.05) is 7.11 Å². The SMILES string of the molecule is COc1cc([N+](=O)[O-])cc(CC(C(=O)O)C(=O)O)c1O. The molecule has 0 heterocycles. The molecule has 3 N–H and O–H groups in total. The first-order valence-electron chi connectivity index (χ1n) is 5.27. The van der Waals surface area contributed by atoms with E-state index in [0.717, 1.165) is 19.2 Å². The second kappa shape index (κ2) is 5.87. The Labute approximate surface area is 112 Å². The number of phenols is 1. The number of aliphatic carboxylic acids is 2. The molecular formula is C11H11NO8. The number of aromatic hydroxyl groups is 1. The van der Waals surface area contributed by atoms with Gasteiger partial charge in [0, 0.05) is 18.1 Å². The standard InChI is InChI=1S/C11H11NO8/c1-20-8-4-6(12(18)19)2-5(9(8)13)3-7(10(14)15)11(16)17/h2,4,7,13H,3H2,1H3,(H,14,15)(H,16,17). The molecule has 0 bridgehead atoms. The van der Waals surface area contributed by atoms with Gasteiger partial charge in [-0.15, -0.1) is 0 Å². The number of hydrogen-bond donors (Lipinski definition) is 3. The summed E-state index contributed by atoms with van der Waals surface area (Å²) in [4.78, 5) is 31.6. The van der Waals surface area contributed by atoms with Gasteiger partial charge in [-0.3, -0.25) is 19.7 Å². The van der Waals surface area contributed by atoms with Gasteiger partial charge in [0.2, 0.25) is 0 Å². The van der Waals surface area contributed by atoms with E-state index in [1.165, 1.54) is 0 Å². The molecule has 0 saturated heterocycles. The Bertz CT molecular complexity index is 554. The molecule has 9 heteroatoms. The van der Waals surface area contributed by atoms with Gasteiger partial charge in [0.1, 0.15) is 0 Å². The number of ether oxygens (including phenoxy) is 1. The molecule has 0 aliphatic carbocycles. The molecule has 0 amide bonds. The van der Waals surface area contributed by atoms with Crippen molar-refractivity contribution in [3.8, 4) is 11.5 Å². The van der Waals surface area contributed by atoms with Crippen LogP contribution in [0.4, 0.5) is 5.69 Å². The number of benzene rings is 1. The van der Waals surface area contributed by atoms with Crippen LogP contribution in [0.3, 0.4) is 0 Å². The minimum absolute atomic E-state index is 0.189. The van der Waals surface area contributed by atoms with Crippen LogP contribution in [-0.2, 0) is 16.0 Å². The van der Waals surface area contributed by atoms with Crippen molar-refractivity contribution in [3.05, 3.63) is 27.8 Å². The minimum Gasteiger partial charge on any atom is -0.504 e. The summed E-state index contributed by atoms with van der Waals surface area (Å²) in [6.07, 6.45) is -0.603. The fraction of sp³-hybridized carbons (Fsp3) is 0.273. The number of nitro benzene ring substituents is 1. The third-order valence-corrected chi connectivity index (χ3v) is 2.59. The van der Waals surface area contributed by atoms with Crippen LogP contribution in [0.5, 0.6) is 11.5 Å². The lowest BCUT2D eigenvalue weighted by Crippen LogP contribution is -2.25. The quantitative estimate of drug-likeness (QED) is 0.391. The van der Waals surface area contributed by atoms with Crippen molar-refractivity contribution in [1.82, 2.24) is 0 Å². The second-order valence-corrected chi connectivity index (χ2v) is 3.85. The number of methoxy groups -OCH3 is 1. The monoisotopic (exact) mass is 285 g/mol. The normalized spacial score (nSPS) is 10.3. The highest BCUT2D eigenvalue weighted by atomic mass is 16.6. The zero-order chi connectivity index (χ0) is 15.4. The third-order valence-electron chi connectivity index (χ3n) is 2.59. The first-order chi connectivity index (χ1) is 9.27. The Balaban J connectivity index is 3.29. The summed E-state index contributed by atoms with van der Waals surface area (Å²) in [5, 5.41) is 38.0. The molecule has 0 radical (unpaired) electrons. The number of carbonyl (C=O) groups is 2. The van der Waals surface area contributed by atoms with Crippen LogP contribution in [0.1, 0.15) is 5.56 Å². The highest BCUT2D eigenvalue weighted by Gasteiger charge is 2.29. The van der Waals surface area contributed by atoms with Crippen molar-refractivity contribution in [2.24, 2.45) is 5.92 Å². The smallest absolute Gasteiger partial charge is 0.318 e. The molecule has 1 rings (SSSR count). The highest BCUT2D eigenvalue weighted by Crippen LogP contribution is 2.35. The molecule has 108 valence electrons. The Morgan fingerprint density at radius 1 is 1.35 bits per heavy atom. The number of carboxylic acid groups (broad SMARTS) is 2. The Hall–Kier alpha value is -2.84. The lowest BCUT2D eigenvalue weighted by atomic mass is 9.98. The van der Waals surface area contributed by atoms with E-state index in [2.05, 4.69) is 0 Å². The molecule has 0 unspecified atom stereocenters. The first-order valence-corrected chi connectivity index (χ1v) is 5.27. The van der Waals surface area contributed by atoms with E-state index in [0.29, 0.717) is 0 Å². The Kier molecular flexibility index (Phi) is 4.46. The number of rotatable bonds is 6. The van der Waals surface area contributed by atoms with E-state index in [1.807, 2.05) is 0 Å². The van der Waals surface area contributed by atoms with Crippen molar-refractivity contribution < 1.29 is 34.6 Å². The molecule has 0 aromatic heterocycles. The summed E-state index contributed by atoms with van der Waals surface area (Å²) in [5.74, 6) is -5.80. The zero-order valence-electron chi connectivity index (χ0n) is 10.3. The Morgan fingerprint density at radius 3 is 2.30 bits per heavy atom. The molecule has 1 aromatic rings. The van der Waals surface area contributed by atoms with Crippen LogP contribution in [0.25, 0.3) is 0 Å². The summed E-state index contributed by atoms with van der Waals surface area (Å²) >= 11 is 0. The second-order valence-electron chi connectivity index (χ2n) is 3.85. The van der Waals surface area contributed by atoms with Gasteiger partial charge in [0.05, 0.1) is 18.1 Å². The van der Waals surface area contributed by atoms with Crippen LogP contribution < -0.4 is 4.74 Å². The molecule has 0 atom stereocenters. The van der Waals surface area contributed by atoms with Gasteiger partial charge < -0.3 is 20.1 Å². The molecule has 1 aromatic carbocycles. The molecule has 0 fully saturated rings. The lowest BCUT2D eigenvalue weighted by Gasteiger charge is -2.11. The van der Waals surface area contributed by atoms with Crippen LogP contribution in [0.15, 0.2) is 12.1 Å². The Morgan fingerprint density at radius 2 is 1.90 bits per heavy atom. The summed E-state index contributed by atoms with van der Waals surface area (Å²) < 4.78 is 4.73. The average molecular weight is 285 g/mol. The fourth-order valence-corrected chi connectivity index (χ4v) is 1.57. The van der Waals surface area contributed by atoms with Crippen LogP contribution in [-0.4, -0.2) is 39.3 Å². The first kappa shape index (κ1) is 15.2. The van der Waals surface area contributed by atoms with E-state index < -0.39 is 40.6 Å². The van der Waals surface area contributed by atoms with Gasteiger partial charge in [-0.2, -0.15) is 0 Å². The molecule has 0 aliphatic heterocycles. The van der Waals surface area contributed by atoms with Crippen molar-refractivity contribution in [2.45, 2.75) is 6.42 Å². The number of nitro groups is 1. The maximum absolute atomic E-state index is 10.8. The molecule has 0 spiro atoms. The molecular weight excluding hydrogens is 274 g/mol. The highest BCUT2D eigenvalue weighted by molar-refractivity contribution is 5.93. The predicted molar refractivity (Wildman–Crippen MR) is 63.8 cm³/mol. The van der Waals surface area contributed by atoms with E-state index in [1.54, 1.807) is 0 Å². The zero-order valence-corrected chi connectivity index (χ0v) is 10.3. The topological polar surface area (TPSA) is 147 Å². The van der Waals surface area contributed by atoms with Gasteiger partial charge in [0.15, 0.2) is 17.4 Å².